The number of likely N-dealkylation sites (tertiary alicyclic amines) is 1. The fourth-order valence-electron chi connectivity index (χ4n) is 4.06. The minimum Gasteiger partial charge on any atom is -0.497 e. The maximum absolute atomic E-state index is 13.0. The van der Waals surface area contributed by atoms with Gasteiger partial charge in [-0.2, -0.15) is 0 Å². The molecule has 1 heterocycles. The van der Waals surface area contributed by atoms with Crippen molar-refractivity contribution < 1.29 is 19.1 Å². The fraction of sp³-hybridized carbons (Fsp3) is 0.440. The van der Waals surface area contributed by atoms with Crippen LogP contribution >= 0.6 is 11.6 Å². The zero-order valence-electron chi connectivity index (χ0n) is 19.1. The highest BCUT2D eigenvalue weighted by Crippen LogP contribution is 2.26. The van der Waals surface area contributed by atoms with E-state index in [9.17, 15) is 9.59 Å². The molecule has 0 bridgehead atoms. The summed E-state index contributed by atoms with van der Waals surface area (Å²) in [5, 5.41) is 3.88. The summed E-state index contributed by atoms with van der Waals surface area (Å²) < 4.78 is 10.5. The summed E-state index contributed by atoms with van der Waals surface area (Å²) in [5.74, 6) is 0.965. The molecule has 0 atom stereocenters. The summed E-state index contributed by atoms with van der Waals surface area (Å²) in [6.07, 6.45) is 1.90. The monoisotopic (exact) mass is 458 g/mol. The van der Waals surface area contributed by atoms with Gasteiger partial charge in [0.1, 0.15) is 11.5 Å². The maximum Gasteiger partial charge on any atom is 0.254 e. The summed E-state index contributed by atoms with van der Waals surface area (Å²) in [7, 11) is 3.11. The second-order valence-electron chi connectivity index (χ2n) is 8.81. The number of carbonyl (C=O) groups is 2. The minimum absolute atomic E-state index is 0.0252. The van der Waals surface area contributed by atoms with Crippen molar-refractivity contribution >= 4 is 23.4 Å². The molecule has 32 heavy (non-hydrogen) atoms. The van der Waals surface area contributed by atoms with Gasteiger partial charge in [0.25, 0.3) is 5.91 Å². The lowest BCUT2D eigenvalue weighted by molar-refractivity contribution is -0.127. The predicted molar refractivity (Wildman–Crippen MR) is 126 cm³/mol. The van der Waals surface area contributed by atoms with E-state index in [1.807, 2.05) is 38.1 Å². The molecule has 0 spiro atoms. The molecule has 3 rings (SSSR count). The predicted octanol–water partition coefficient (Wildman–Crippen LogP) is 4.35. The van der Waals surface area contributed by atoms with Gasteiger partial charge >= 0.3 is 0 Å². The molecule has 7 heteroatoms. The molecule has 0 unspecified atom stereocenters. The first kappa shape index (κ1) is 23.9. The van der Waals surface area contributed by atoms with Crippen LogP contribution in [0.1, 0.15) is 42.6 Å². The van der Waals surface area contributed by atoms with Gasteiger partial charge in [0, 0.05) is 41.2 Å². The van der Waals surface area contributed by atoms with E-state index in [-0.39, 0.29) is 17.7 Å². The third kappa shape index (κ3) is 5.94. The van der Waals surface area contributed by atoms with E-state index in [0.717, 1.165) is 5.56 Å². The quantitative estimate of drug-likeness (QED) is 0.669. The van der Waals surface area contributed by atoms with Crippen LogP contribution in [0, 0.1) is 5.92 Å². The van der Waals surface area contributed by atoms with Crippen LogP contribution < -0.4 is 14.8 Å². The Balaban J connectivity index is 1.57. The van der Waals surface area contributed by atoms with Crippen LogP contribution in [0.2, 0.25) is 5.02 Å². The highest BCUT2D eigenvalue weighted by Gasteiger charge is 2.31. The first-order chi connectivity index (χ1) is 15.2. The molecule has 0 radical (unpaired) electrons. The van der Waals surface area contributed by atoms with E-state index in [4.69, 9.17) is 21.1 Å². The van der Waals surface area contributed by atoms with E-state index < -0.39 is 5.54 Å². The van der Waals surface area contributed by atoms with E-state index in [2.05, 4.69) is 5.32 Å². The molecule has 6 nitrogen and oxygen atoms in total. The number of amides is 2. The van der Waals surface area contributed by atoms with Crippen molar-refractivity contribution in [2.45, 2.75) is 38.6 Å². The summed E-state index contributed by atoms with van der Waals surface area (Å²) in [6, 6.07) is 12.8. The van der Waals surface area contributed by atoms with E-state index >= 15 is 0 Å². The molecule has 1 saturated heterocycles. The number of benzene rings is 2. The van der Waals surface area contributed by atoms with Crippen molar-refractivity contribution in [3.63, 3.8) is 0 Å². The first-order valence-corrected chi connectivity index (χ1v) is 11.2. The van der Waals surface area contributed by atoms with E-state index in [0.29, 0.717) is 54.4 Å². The Bertz CT molecular complexity index is 946. The lowest BCUT2D eigenvalue weighted by Crippen LogP contribution is -2.50. The molecular formula is C25H31ClN2O4. The average Bonchev–Trinajstić information content (AvgIpc) is 2.79. The van der Waals surface area contributed by atoms with Gasteiger partial charge in [0.2, 0.25) is 5.91 Å². The topological polar surface area (TPSA) is 67.9 Å². The minimum atomic E-state index is -0.424. The van der Waals surface area contributed by atoms with Gasteiger partial charge in [-0.1, -0.05) is 29.8 Å². The number of hydrogen-bond acceptors (Lipinski definition) is 4. The van der Waals surface area contributed by atoms with Crippen LogP contribution in [0.5, 0.6) is 11.5 Å². The van der Waals surface area contributed by atoms with Crippen LogP contribution in [0.4, 0.5) is 0 Å². The number of rotatable bonds is 7. The molecule has 172 valence electrons. The highest BCUT2D eigenvalue weighted by atomic mass is 35.5. The van der Waals surface area contributed by atoms with Gasteiger partial charge in [-0.25, -0.2) is 0 Å². The average molecular weight is 459 g/mol. The van der Waals surface area contributed by atoms with Gasteiger partial charge in [0.05, 0.1) is 14.2 Å². The molecule has 0 aliphatic carbocycles. The van der Waals surface area contributed by atoms with Gasteiger partial charge in [0.15, 0.2) is 0 Å². The Morgan fingerprint density at radius 2 is 1.66 bits per heavy atom. The van der Waals surface area contributed by atoms with Crippen LogP contribution in [-0.4, -0.2) is 49.6 Å². The van der Waals surface area contributed by atoms with Crippen molar-refractivity contribution in [1.29, 1.82) is 0 Å². The van der Waals surface area contributed by atoms with Crippen molar-refractivity contribution in [2.24, 2.45) is 5.92 Å². The zero-order chi connectivity index (χ0) is 23.3. The van der Waals surface area contributed by atoms with Crippen LogP contribution in [0.25, 0.3) is 0 Å². The fourth-order valence-corrected chi connectivity index (χ4v) is 4.26. The molecule has 0 saturated carbocycles. The number of nitrogens with zero attached hydrogens (tertiary/aromatic N) is 1. The molecule has 1 N–H and O–H groups in total. The molecule has 2 amide bonds. The third-order valence-corrected chi connectivity index (χ3v) is 6.17. The number of methoxy groups -OCH3 is 2. The van der Waals surface area contributed by atoms with Crippen molar-refractivity contribution in [2.75, 3.05) is 27.3 Å². The molecule has 1 aliphatic heterocycles. The summed E-state index contributed by atoms with van der Waals surface area (Å²) in [5.41, 5.74) is 1.10. The Morgan fingerprint density at radius 3 is 2.22 bits per heavy atom. The Kier molecular flexibility index (Phi) is 7.67. The second-order valence-corrected chi connectivity index (χ2v) is 9.22. The Labute approximate surface area is 194 Å². The molecule has 1 fully saturated rings. The van der Waals surface area contributed by atoms with Crippen LogP contribution in [0.3, 0.4) is 0 Å². The van der Waals surface area contributed by atoms with Crippen LogP contribution in [0.15, 0.2) is 42.5 Å². The van der Waals surface area contributed by atoms with Gasteiger partial charge in [-0.05, 0) is 56.9 Å². The SMILES string of the molecule is COc1cc(OC)cc(C(=O)N2CCC(C(=O)NC(C)(C)Cc3ccccc3Cl)CC2)c1. The number of hydrogen-bond donors (Lipinski definition) is 1. The summed E-state index contributed by atoms with van der Waals surface area (Å²) >= 11 is 6.28. The Morgan fingerprint density at radius 1 is 1.06 bits per heavy atom. The third-order valence-electron chi connectivity index (χ3n) is 5.80. The number of piperidine rings is 1. The van der Waals surface area contributed by atoms with Crippen LogP contribution in [-0.2, 0) is 11.2 Å². The van der Waals surface area contributed by atoms with Gasteiger partial charge in [-0.3, -0.25) is 9.59 Å². The maximum atomic E-state index is 13.0. The lowest BCUT2D eigenvalue weighted by atomic mass is 9.91. The number of nitrogens with one attached hydrogen (secondary N) is 1. The van der Waals surface area contributed by atoms with Crippen molar-refractivity contribution in [3.8, 4) is 11.5 Å². The number of halogens is 1. The highest BCUT2D eigenvalue weighted by molar-refractivity contribution is 6.31. The lowest BCUT2D eigenvalue weighted by Gasteiger charge is -2.34. The molecule has 2 aromatic rings. The summed E-state index contributed by atoms with van der Waals surface area (Å²) in [6.45, 7) is 5.06. The molecule has 1 aliphatic rings. The number of carbonyl (C=O) groups excluding carboxylic acids is 2. The standard InChI is InChI=1S/C25H31ClN2O4/c1-25(2,16-18-7-5-6-8-22(18)26)27-23(29)17-9-11-28(12-10-17)24(30)19-13-20(31-3)15-21(14-19)32-4/h5-8,13-15,17H,9-12,16H2,1-4H3,(H,27,29). The Hall–Kier alpha value is -2.73. The smallest absolute Gasteiger partial charge is 0.254 e. The van der Waals surface area contributed by atoms with Gasteiger partial charge < -0.3 is 19.7 Å². The van der Waals surface area contributed by atoms with Gasteiger partial charge in [-0.15, -0.1) is 0 Å². The molecule has 2 aromatic carbocycles. The zero-order valence-corrected chi connectivity index (χ0v) is 19.9. The molecular weight excluding hydrogens is 428 g/mol. The first-order valence-electron chi connectivity index (χ1n) is 10.8. The summed E-state index contributed by atoms with van der Waals surface area (Å²) in [4.78, 5) is 27.7. The van der Waals surface area contributed by atoms with E-state index in [1.54, 1.807) is 37.3 Å². The second kappa shape index (κ2) is 10.3. The normalized spacial score (nSPS) is 14.7. The van der Waals surface area contributed by atoms with Crippen molar-refractivity contribution in [1.82, 2.24) is 10.2 Å². The number of ether oxygens (including phenoxy) is 2. The molecule has 0 aromatic heterocycles. The largest absolute Gasteiger partial charge is 0.497 e. The van der Waals surface area contributed by atoms with E-state index in [1.165, 1.54) is 0 Å². The van der Waals surface area contributed by atoms with Crippen molar-refractivity contribution in [3.05, 3.63) is 58.6 Å².